The molecule has 3 nitrogen and oxygen atoms in total. The van der Waals surface area contributed by atoms with Gasteiger partial charge in [-0.3, -0.25) is 0 Å². The van der Waals surface area contributed by atoms with Crippen molar-refractivity contribution in [2.75, 3.05) is 7.11 Å². The van der Waals surface area contributed by atoms with E-state index in [-0.39, 0.29) is 11.3 Å². The Morgan fingerprint density at radius 2 is 1.70 bits per heavy atom. The molecule has 0 saturated heterocycles. The first kappa shape index (κ1) is 22.0. The fraction of sp³-hybridized carbons (Fsp3) is 0.303. The SMILES string of the molecule is COC1(O)C2c3ccc4c(c3-c3ccc5c(C)cc(C)cc5[n+]3C21C)-c1sc2ccccc2c1C4(C)C. The second-order valence-electron chi connectivity index (χ2n) is 11.9. The first-order valence-electron chi connectivity index (χ1n) is 13.1. The van der Waals surface area contributed by atoms with E-state index in [2.05, 4.69) is 99.8 Å². The number of benzene rings is 3. The summed E-state index contributed by atoms with van der Waals surface area (Å²) in [5.74, 6) is -1.41. The number of hydrogen-bond donors (Lipinski definition) is 1. The minimum absolute atomic E-state index is 0.101. The third kappa shape index (κ3) is 2.27. The predicted octanol–water partition coefficient (Wildman–Crippen LogP) is 7.09. The van der Waals surface area contributed by atoms with Crippen LogP contribution < -0.4 is 4.57 Å². The molecular weight excluding hydrogens is 474 g/mol. The van der Waals surface area contributed by atoms with Crippen LogP contribution in [0.3, 0.4) is 0 Å². The monoisotopic (exact) mass is 504 g/mol. The number of aliphatic hydroxyl groups is 1. The van der Waals surface area contributed by atoms with Crippen LogP contribution in [0.4, 0.5) is 0 Å². The van der Waals surface area contributed by atoms with Crippen LogP contribution in [0.25, 0.3) is 42.7 Å². The van der Waals surface area contributed by atoms with E-state index in [1.54, 1.807) is 7.11 Å². The van der Waals surface area contributed by atoms with E-state index in [0.29, 0.717) is 0 Å². The Balaban J connectivity index is 1.56. The van der Waals surface area contributed by atoms with Crippen molar-refractivity contribution in [1.29, 1.82) is 0 Å². The summed E-state index contributed by atoms with van der Waals surface area (Å²) in [6.07, 6.45) is 0. The van der Waals surface area contributed by atoms with Crippen molar-refractivity contribution in [1.82, 2.24) is 0 Å². The lowest BCUT2D eigenvalue weighted by atomic mass is 9.79. The highest BCUT2D eigenvalue weighted by molar-refractivity contribution is 7.22. The zero-order valence-electron chi connectivity index (χ0n) is 22.1. The van der Waals surface area contributed by atoms with Gasteiger partial charge in [0, 0.05) is 52.1 Å². The largest absolute Gasteiger partial charge is 0.359 e. The van der Waals surface area contributed by atoms with E-state index in [1.165, 1.54) is 59.3 Å². The molecule has 4 heteroatoms. The van der Waals surface area contributed by atoms with Crippen LogP contribution in [-0.2, 0) is 15.7 Å². The number of methoxy groups -OCH3 is 1. The van der Waals surface area contributed by atoms with Gasteiger partial charge >= 0.3 is 0 Å². The number of fused-ring (bicyclic) bond motifs is 14. The first-order valence-corrected chi connectivity index (χ1v) is 13.9. The third-order valence-electron chi connectivity index (χ3n) is 9.70. The van der Waals surface area contributed by atoms with Gasteiger partial charge in [0.15, 0.2) is 0 Å². The fourth-order valence-corrected chi connectivity index (χ4v) is 9.40. The highest BCUT2D eigenvalue weighted by Crippen LogP contribution is 2.69. The van der Waals surface area contributed by atoms with Crippen molar-refractivity contribution in [2.24, 2.45) is 0 Å². The topological polar surface area (TPSA) is 33.3 Å². The third-order valence-corrected chi connectivity index (χ3v) is 10.9. The molecule has 3 aromatic carbocycles. The van der Waals surface area contributed by atoms with E-state index in [9.17, 15) is 5.11 Å². The number of aryl methyl sites for hydroxylation is 2. The van der Waals surface area contributed by atoms with Crippen molar-refractivity contribution >= 4 is 32.3 Å². The molecule has 184 valence electrons. The number of aromatic nitrogens is 1. The average molecular weight is 505 g/mol. The Bertz CT molecular complexity index is 1860. The molecule has 2 aromatic heterocycles. The lowest BCUT2D eigenvalue weighted by Crippen LogP contribution is -2.54. The fourth-order valence-electron chi connectivity index (χ4n) is 7.97. The molecule has 37 heavy (non-hydrogen) atoms. The molecule has 3 aliphatic rings. The first-order chi connectivity index (χ1) is 17.6. The van der Waals surface area contributed by atoms with Crippen molar-refractivity contribution in [3.63, 3.8) is 0 Å². The molecule has 1 fully saturated rings. The molecule has 1 aliphatic heterocycles. The van der Waals surface area contributed by atoms with Crippen LogP contribution in [-0.4, -0.2) is 18.0 Å². The molecule has 0 amide bonds. The Kier molecular flexibility index (Phi) is 3.86. The second-order valence-corrected chi connectivity index (χ2v) is 13.0. The van der Waals surface area contributed by atoms with Gasteiger partial charge in [0.1, 0.15) is 5.92 Å². The molecular formula is C33H30NO2S+. The van der Waals surface area contributed by atoms with Gasteiger partial charge in [0.05, 0.1) is 5.56 Å². The van der Waals surface area contributed by atoms with Crippen LogP contribution in [0.1, 0.15) is 54.5 Å². The van der Waals surface area contributed by atoms with Crippen LogP contribution in [0.15, 0.2) is 60.7 Å². The van der Waals surface area contributed by atoms with Crippen molar-refractivity contribution in [2.45, 2.75) is 57.3 Å². The number of rotatable bonds is 1. The number of nitrogens with zero attached hydrogens (tertiary/aromatic N) is 1. The summed E-state index contributed by atoms with van der Waals surface area (Å²) in [6, 6.07) is 22.4. The van der Waals surface area contributed by atoms with Gasteiger partial charge in [-0.05, 0) is 59.2 Å². The summed E-state index contributed by atoms with van der Waals surface area (Å²) >= 11 is 1.90. The van der Waals surface area contributed by atoms with Crippen LogP contribution >= 0.6 is 11.3 Å². The standard InChI is InChI=1S/C33H30NO2S/c1-17-15-18(2)19-12-14-23-26-21(30-32(5,33(30,35)36-6)34(23)24(19)16-17)11-13-22-27(26)29-28(31(22,3)4)20-9-7-8-10-25(20)37-29/h7-16,30,35H,1-6H3/q+1. The van der Waals surface area contributed by atoms with Gasteiger partial charge in [0.2, 0.25) is 22.5 Å². The lowest BCUT2D eigenvalue weighted by molar-refractivity contribution is -0.716. The average Bonchev–Trinajstić information content (AvgIpc) is 3.11. The number of hydrogen-bond acceptors (Lipinski definition) is 3. The molecule has 3 unspecified atom stereocenters. The Labute approximate surface area is 221 Å². The summed E-state index contributed by atoms with van der Waals surface area (Å²) in [5, 5.41) is 14.5. The molecule has 1 N–H and O–H groups in total. The van der Waals surface area contributed by atoms with E-state index in [1.807, 2.05) is 11.3 Å². The van der Waals surface area contributed by atoms with Crippen molar-refractivity contribution in [3.05, 3.63) is 88.5 Å². The maximum atomic E-state index is 12.0. The summed E-state index contributed by atoms with van der Waals surface area (Å²) in [6.45, 7) is 11.2. The van der Waals surface area contributed by atoms with E-state index < -0.39 is 11.3 Å². The molecule has 0 spiro atoms. The maximum Gasteiger partial charge on any atom is 0.247 e. The molecule has 2 aliphatic carbocycles. The van der Waals surface area contributed by atoms with E-state index >= 15 is 0 Å². The molecule has 3 atom stereocenters. The maximum absolute atomic E-state index is 12.0. The van der Waals surface area contributed by atoms with Gasteiger partial charge < -0.3 is 9.84 Å². The lowest BCUT2D eigenvalue weighted by Gasteiger charge is -2.25. The highest BCUT2D eigenvalue weighted by Gasteiger charge is 2.86. The molecule has 0 bridgehead atoms. The second kappa shape index (κ2) is 6.50. The predicted molar refractivity (Wildman–Crippen MR) is 150 cm³/mol. The smallest absolute Gasteiger partial charge is 0.247 e. The van der Waals surface area contributed by atoms with Crippen molar-refractivity contribution < 1.29 is 14.4 Å². The van der Waals surface area contributed by atoms with Gasteiger partial charge in [-0.2, -0.15) is 4.57 Å². The Hall–Kier alpha value is -3.05. The summed E-state index contributed by atoms with van der Waals surface area (Å²) < 4.78 is 9.67. The van der Waals surface area contributed by atoms with Gasteiger partial charge in [-0.25, -0.2) is 0 Å². The van der Waals surface area contributed by atoms with Crippen LogP contribution in [0.5, 0.6) is 0 Å². The normalized spacial score (nSPS) is 26.0. The Morgan fingerprint density at radius 1 is 0.919 bits per heavy atom. The zero-order valence-corrected chi connectivity index (χ0v) is 22.9. The quantitative estimate of drug-likeness (QED) is 0.195. The highest BCUT2D eigenvalue weighted by atomic mass is 32.1. The zero-order chi connectivity index (χ0) is 25.6. The number of pyridine rings is 1. The molecule has 5 aromatic rings. The van der Waals surface area contributed by atoms with Gasteiger partial charge in [-0.1, -0.05) is 50.2 Å². The molecule has 3 heterocycles. The molecule has 0 radical (unpaired) electrons. The molecule has 8 rings (SSSR count). The minimum Gasteiger partial charge on any atom is -0.359 e. The summed E-state index contributed by atoms with van der Waals surface area (Å²) in [7, 11) is 1.64. The number of ether oxygens (including phenoxy) is 1. The number of thiophene rings is 1. The minimum atomic E-state index is -1.27. The summed E-state index contributed by atoms with van der Waals surface area (Å²) in [4.78, 5) is 1.37. The van der Waals surface area contributed by atoms with Gasteiger partial charge in [0.25, 0.3) is 0 Å². The van der Waals surface area contributed by atoms with Gasteiger partial charge in [-0.15, -0.1) is 11.3 Å². The Morgan fingerprint density at radius 3 is 2.49 bits per heavy atom. The molecule has 1 saturated carbocycles. The van der Waals surface area contributed by atoms with Crippen LogP contribution in [0, 0.1) is 13.8 Å². The van der Waals surface area contributed by atoms with Crippen molar-refractivity contribution in [3.8, 4) is 21.7 Å². The van der Waals surface area contributed by atoms with E-state index in [0.717, 1.165) is 11.2 Å². The van der Waals surface area contributed by atoms with Crippen LogP contribution in [0.2, 0.25) is 0 Å². The van der Waals surface area contributed by atoms with E-state index in [4.69, 9.17) is 4.74 Å². The summed E-state index contributed by atoms with van der Waals surface area (Å²) in [5.41, 5.74) is 10.7.